The summed E-state index contributed by atoms with van der Waals surface area (Å²) in [4.78, 5) is 12.7. The van der Waals surface area contributed by atoms with Crippen molar-refractivity contribution < 1.29 is 18.3 Å². The van der Waals surface area contributed by atoms with Crippen LogP contribution >= 0.6 is 23.2 Å². The lowest BCUT2D eigenvalue weighted by molar-refractivity contribution is -0.113. The molecule has 29 heavy (non-hydrogen) atoms. The molecule has 2 aromatic carbocycles. The van der Waals surface area contributed by atoms with Gasteiger partial charge in [0.25, 0.3) is 5.91 Å². The number of hydrogen-bond donors (Lipinski definition) is 2. The molecule has 0 aromatic heterocycles. The monoisotopic (exact) mass is 443 g/mol. The molecule has 0 aliphatic heterocycles. The highest BCUT2D eigenvalue weighted by molar-refractivity contribution is 6.42. The van der Waals surface area contributed by atoms with E-state index in [9.17, 15) is 13.6 Å². The third-order valence-electron chi connectivity index (χ3n) is 4.07. The summed E-state index contributed by atoms with van der Waals surface area (Å²) in [5.74, 6) is -0.0822. The van der Waals surface area contributed by atoms with Gasteiger partial charge >= 0.3 is 0 Å². The van der Waals surface area contributed by atoms with Crippen molar-refractivity contribution in [3.05, 3.63) is 58.2 Å². The van der Waals surface area contributed by atoms with E-state index in [-0.39, 0.29) is 5.57 Å². The van der Waals surface area contributed by atoms with Crippen LogP contribution in [-0.2, 0) is 4.79 Å². The minimum atomic E-state index is -2.66. The number of halogens is 4. The third-order valence-corrected chi connectivity index (χ3v) is 4.81. The van der Waals surface area contributed by atoms with Crippen LogP contribution in [0.15, 0.2) is 48.2 Å². The minimum Gasteiger partial charge on any atom is -0.497 e. The van der Waals surface area contributed by atoms with Gasteiger partial charge in [0, 0.05) is 43.5 Å². The summed E-state index contributed by atoms with van der Waals surface area (Å²) in [5.41, 5.74) is 4.37. The van der Waals surface area contributed by atoms with Crippen molar-refractivity contribution in [3.8, 4) is 16.9 Å². The van der Waals surface area contributed by atoms with Crippen molar-refractivity contribution in [2.24, 2.45) is 0 Å². The molecule has 2 N–H and O–H groups in total. The molecule has 2 aromatic rings. The first-order valence-electron chi connectivity index (χ1n) is 8.59. The number of carbonyl (C=O) groups is 1. The molecule has 156 valence electrons. The van der Waals surface area contributed by atoms with Crippen molar-refractivity contribution in [2.45, 2.75) is 12.8 Å². The molecular formula is C20H21Cl2F2N3O2. The largest absolute Gasteiger partial charge is 0.497 e. The summed E-state index contributed by atoms with van der Waals surface area (Å²) in [6, 6.07) is 10.0. The van der Waals surface area contributed by atoms with Crippen LogP contribution in [0.1, 0.15) is 6.42 Å². The maximum Gasteiger partial charge on any atom is 0.253 e. The average molecular weight is 444 g/mol. The highest BCUT2D eigenvalue weighted by Crippen LogP contribution is 2.35. The lowest BCUT2D eigenvalue weighted by Gasteiger charge is -2.17. The lowest BCUT2D eigenvalue weighted by Crippen LogP contribution is -2.28. The van der Waals surface area contributed by atoms with Gasteiger partial charge in [-0.3, -0.25) is 4.79 Å². The van der Waals surface area contributed by atoms with Gasteiger partial charge in [0.15, 0.2) is 0 Å². The van der Waals surface area contributed by atoms with Crippen LogP contribution in [0.25, 0.3) is 11.1 Å². The van der Waals surface area contributed by atoms with E-state index in [0.717, 1.165) is 0 Å². The number of alkyl halides is 2. The molecule has 0 saturated carbocycles. The number of rotatable bonds is 8. The van der Waals surface area contributed by atoms with Gasteiger partial charge in [-0.2, -0.15) is 0 Å². The lowest BCUT2D eigenvalue weighted by atomic mass is 10.0. The van der Waals surface area contributed by atoms with Crippen LogP contribution in [0.4, 0.5) is 14.5 Å². The van der Waals surface area contributed by atoms with Crippen molar-refractivity contribution in [3.63, 3.8) is 0 Å². The number of hydrogen-bond acceptors (Lipinski definition) is 4. The first-order chi connectivity index (χ1) is 13.7. The summed E-state index contributed by atoms with van der Waals surface area (Å²) in [5, 5.41) is 4.86. The van der Waals surface area contributed by atoms with E-state index in [2.05, 4.69) is 10.7 Å². The molecule has 2 rings (SSSR count). The highest BCUT2D eigenvalue weighted by atomic mass is 35.5. The van der Waals surface area contributed by atoms with E-state index in [1.807, 2.05) is 0 Å². The van der Waals surface area contributed by atoms with Crippen LogP contribution in [0.3, 0.4) is 0 Å². The zero-order valence-corrected chi connectivity index (χ0v) is 17.6. The van der Waals surface area contributed by atoms with Gasteiger partial charge in [-0.05, 0) is 35.9 Å². The molecule has 0 spiro atoms. The Morgan fingerprint density at radius 3 is 2.52 bits per heavy atom. The third kappa shape index (κ3) is 6.32. The van der Waals surface area contributed by atoms with Crippen LogP contribution in [0.2, 0.25) is 10.0 Å². The first kappa shape index (κ1) is 22.9. The average Bonchev–Trinajstić information content (AvgIpc) is 2.69. The van der Waals surface area contributed by atoms with Gasteiger partial charge in [-0.25, -0.2) is 14.2 Å². The fraction of sp³-hybridized carbons (Fsp3) is 0.250. The fourth-order valence-corrected chi connectivity index (χ4v) is 2.83. The molecule has 0 radical (unpaired) electrons. The summed E-state index contributed by atoms with van der Waals surface area (Å²) < 4.78 is 31.2. The van der Waals surface area contributed by atoms with Gasteiger partial charge in [0.1, 0.15) is 5.75 Å². The standard InChI is InChI=1S/C20H21Cl2F2N3O2/c1-25-27(2)11-13(9-19(23)24)20(28)26-18-7-5-14(29-3)10-15(18)12-4-6-16(21)17(22)8-12/h4-8,10-11,19,25H,9H2,1-3H3,(H,26,28)/b13-11+. The Morgan fingerprint density at radius 2 is 1.93 bits per heavy atom. The Kier molecular flexibility index (Phi) is 8.25. The number of amides is 1. The molecule has 0 fully saturated rings. The van der Waals surface area contributed by atoms with E-state index in [1.54, 1.807) is 50.5 Å². The Morgan fingerprint density at radius 1 is 1.21 bits per heavy atom. The number of nitrogens with one attached hydrogen (secondary N) is 2. The Bertz CT molecular complexity index is 907. The van der Waals surface area contributed by atoms with Crippen molar-refractivity contribution in [2.75, 3.05) is 26.5 Å². The Labute approximate surface area is 178 Å². The summed E-state index contributed by atoms with van der Waals surface area (Å²) in [6.07, 6.45) is -2.03. The summed E-state index contributed by atoms with van der Waals surface area (Å²) in [7, 11) is 4.73. The zero-order valence-electron chi connectivity index (χ0n) is 16.1. The minimum absolute atomic E-state index is 0.0762. The van der Waals surface area contributed by atoms with E-state index in [1.165, 1.54) is 18.3 Å². The zero-order chi connectivity index (χ0) is 21.6. The molecule has 5 nitrogen and oxygen atoms in total. The van der Waals surface area contributed by atoms with E-state index in [4.69, 9.17) is 27.9 Å². The number of hydrazine groups is 1. The number of nitrogens with zero attached hydrogens (tertiary/aromatic N) is 1. The van der Waals surface area contributed by atoms with Gasteiger partial charge in [0.2, 0.25) is 6.43 Å². The van der Waals surface area contributed by atoms with Crippen LogP contribution in [-0.4, -0.2) is 38.5 Å². The molecular weight excluding hydrogens is 423 g/mol. The maximum absolute atomic E-state index is 13.0. The van der Waals surface area contributed by atoms with Crippen molar-refractivity contribution >= 4 is 34.8 Å². The smallest absolute Gasteiger partial charge is 0.253 e. The molecule has 0 aliphatic carbocycles. The molecule has 9 heteroatoms. The molecule has 0 atom stereocenters. The molecule has 0 aliphatic rings. The predicted molar refractivity (Wildman–Crippen MR) is 113 cm³/mol. The van der Waals surface area contributed by atoms with Crippen molar-refractivity contribution in [1.29, 1.82) is 0 Å². The van der Waals surface area contributed by atoms with Gasteiger partial charge < -0.3 is 15.1 Å². The highest BCUT2D eigenvalue weighted by Gasteiger charge is 2.18. The number of ether oxygens (including phenoxy) is 1. The second kappa shape index (κ2) is 10.4. The van der Waals surface area contributed by atoms with Crippen LogP contribution < -0.4 is 15.5 Å². The van der Waals surface area contributed by atoms with Gasteiger partial charge in [0.05, 0.1) is 17.2 Å². The Balaban J connectivity index is 2.44. The Hall–Kier alpha value is -2.35. The second-order valence-corrected chi connectivity index (χ2v) is 6.89. The molecule has 0 bridgehead atoms. The SMILES string of the molecule is CNN(C)/C=C(\CC(F)F)C(=O)Nc1ccc(OC)cc1-c1ccc(Cl)c(Cl)c1. The molecule has 0 unspecified atom stereocenters. The molecule has 1 amide bonds. The van der Waals surface area contributed by atoms with Gasteiger partial charge in [-0.15, -0.1) is 0 Å². The fourth-order valence-electron chi connectivity index (χ4n) is 2.53. The van der Waals surface area contributed by atoms with Crippen molar-refractivity contribution in [1.82, 2.24) is 10.4 Å². The maximum atomic E-state index is 13.0. The van der Waals surface area contributed by atoms with Crippen LogP contribution in [0.5, 0.6) is 5.75 Å². The first-order valence-corrected chi connectivity index (χ1v) is 9.34. The number of anilines is 1. The number of carbonyl (C=O) groups excluding carboxylic acids is 1. The molecule has 0 heterocycles. The topological polar surface area (TPSA) is 53.6 Å². The second-order valence-electron chi connectivity index (χ2n) is 6.08. The van der Waals surface area contributed by atoms with E-state index >= 15 is 0 Å². The van der Waals surface area contributed by atoms with Crippen LogP contribution in [0, 0.1) is 0 Å². The van der Waals surface area contributed by atoms with E-state index < -0.39 is 18.8 Å². The quantitative estimate of drug-likeness (QED) is 0.434. The summed E-state index contributed by atoms with van der Waals surface area (Å²) in [6.45, 7) is 0. The summed E-state index contributed by atoms with van der Waals surface area (Å²) >= 11 is 12.1. The van der Waals surface area contributed by atoms with E-state index in [0.29, 0.717) is 32.6 Å². The van der Waals surface area contributed by atoms with Gasteiger partial charge in [-0.1, -0.05) is 29.3 Å². The molecule has 0 saturated heterocycles. The normalized spacial score (nSPS) is 11.5. The number of methoxy groups -OCH3 is 1. The predicted octanol–water partition coefficient (Wildman–Crippen LogP) is 5.21. The number of benzene rings is 2.